The molecule has 118 valence electrons. The highest BCUT2D eigenvalue weighted by atomic mass is 35.5. The monoisotopic (exact) mass is 323 g/mol. The summed E-state index contributed by atoms with van der Waals surface area (Å²) < 4.78 is 5.60. The van der Waals surface area contributed by atoms with E-state index in [0.29, 0.717) is 29.3 Å². The fraction of sp³-hybridized carbons (Fsp3) is 0.438. The van der Waals surface area contributed by atoms with Crippen molar-refractivity contribution >= 4 is 23.6 Å². The van der Waals surface area contributed by atoms with Crippen LogP contribution in [0.1, 0.15) is 12.0 Å². The average molecular weight is 324 g/mol. The van der Waals surface area contributed by atoms with Crippen molar-refractivity contribution in [1.82, 2.24) is 4.90 Å². The van der Waals surface area contributed by atoms with Crippen molar-refractivity contribution in [3.63, 3.8) is 0 Å². The maximum atomic E-state index is 12.6. The summed E-state index contributed by atoms with van der Waals surface area (Å²) in [5, 5.41) is 19.7. The summed E-state index contributed by atoms with van der Waals surface area (Å²) in [5.41, 5.74) is 1.33. The number of halogens is 1. The topological polar surface area (TPSA) is 70.0 Å². The highest BCUT2D eigenvalue weighted by Gasteiger charge is 2.31. The zero-order valence-corrected chi connectivity index (χ0v) is 12.8. The lowest BCUT2D eigenvalue weighted by molar-refractivity contribution is -0.132. The lowest BCUT2D eigenvalue weighted by Crippen LogP contribution is -2.48. The number of hydrogen-bond acceptors (Lipinski definition) is 4. The van der Waals surface area contributed by atoms with Gasteiger partial charge in [0.25, 0.3) is 5.91 Å². The summed E-state index contributed by atoms with van der Waals surface area (Å²) in [6.45, 7) is 0.926. The SMILES string of the molecule is O=C(C1=Cc2cc(Cl)ccc2OC1)N1CC[C@@H](CO)[C@H](O)C1. The van der Waals surface area contributed by atoms with E-state index in [9.17, 15) is 9.90 Å². The number of piperidine rings is 1. The summed E-state index contributed by atoms with van der Waals surface area (Å²) in [5.74, 6) is 0.418. The quantitative estimate of drug-likeness (QED) is 0.861. The number of carbonyl (C=O) groups is 1. The third-order valence-electron chi connectivity index (χ3n) is 4.20. The van der Waals surface area contributed by atoms with E-state index in [2.05, 4.69) is 0 Å². The van der Waals surface area contributed by atoms with Gasteiger partial charge in [-0.25, -0.2) is 0 Å². The number of likely N-dealkylation sites (tertiary alicyclic amines) is 1. The number of ether oxygens (including phenoxy) is 1. The first-order chi connectivity index (χ1) is 10.6. The molecule has 1 amide bonds. The van der Waals surface area contributed by atoms with Gasteiger partial charge in [-0.2, -0.15) is 0 Å². The predicted molar refractivity (Wildman–Crippen MR) is 82.7 cm³/mol. The van der Waals surface area contributed by atoms with E-state index in [1.165, 1.54) is 0 Å². The molecule has 2 aliphatic rings. The largest absolute Gasteiger partial charge is 0.488 e. The molecule has 0 unspecified atom stereocenters. The van der Waals surface area contributed by atoms with Gasteiger partial charge in [-0.1, -0.05) is 11.6 Å². The molecule has 1 aromatic carbocycles. The van der Waals surface area contributed by atoms with Crippen molar-refractivity contribution in [2.24, 2.45) is 5.92 Å². The van der Waals surface area contributed by atoms with E-state index in [1.807, 2.05) is 0 Å². The Morgan fingerprint density at radius 3 is 3.00 bits per heavy atom. The number of fused-ring (bicyclic) bond motifs is 1. The maximum Gasteiger partial charge on any atom is 0.253 e. The number of aliphatic hydroxyl groups is 2. The van der Waals surface area contributed by atoms with E-state index in [0.717, 1.165) is 5.56 Å². The molecule has 2 aliphatic heterocycles. The molecule has 0 aliphatic carbocycles. The minimum absolute atomic E-state index is 0.0547. The molecular formula is C16H18ClNO4. The van der Waals surface area contributed by atoms with Crippen LogP contribution >= 0.6 is 11.6 Å². The summed E-state index contributed by atoms with van der Waals surface area (Å²) in [6.07, 6.45) is 1.70. The molecule has 6 heteroatoms. The molecule has 3 rings (SSSR count). The van der Waals surface area contributed by atoms with Crippen molar-refractivity contribution in [2.45, 2.75) is 12.5 Å². The molecule has 1 aromatic rings. The first-order valence-corrected chi connectivity index (χ1v) is 7.67. The van der Waals surface area contributed by atoms with Crippen LogP contribution in [0.15, 0.2) is 23.8 Å². The third kappa shape index (κ3) is 2.97. The number of rotatable bonds is 2. The summed E-state index contributed by atoms with van der Waals surface area (Å²) in [7, 11) is 0. The third-order valence-corrected chi connectivity index (χ3v) is 4.44. The van der Waals surface area contributed by atoms with Crippen LogP contribution in [0.5, 0.6) is 5.75 Å². The molecule has 1 saturated heterocycles. The lowest BCUT2D eigenvalue weighted by atomic mass is 9.94. The van der Waals surface area contributed by atoms with Crippen molar-refractivity contribution in [3.8, 4) is 5.75 Å². The van der Waals surface area contributed by atoms with Gasteiger partial charge in [0, 0.05) is 36.2 Å². The van der Waals surface area contributed by atoms with Crippen LogP contribution in [0.25, 0.3) is 6.08 Å². The van der Waals surface area contributed by atoms with Gasteiger partial charge in [0.05, 0.1) is 11.7 Å². The Bertz CT molecular complexity index is 616. The zero-order valence-electron chi connectivity index (χ0n) is 12.0. The highest BCUT2D eigenvalue weighted by Crippen LogP contribution is 2.30. The molecule has 0 radical (unpaired) electrons. The first-order valence-electron chi connectivity index (χ1n) is 7.29. The van der Waals surface area contributed by atoms with E-state index < -0.39 is 6.10 Å². The molecule has 2 N–H and O–H groups in total. The molecule has 22 heavy (non-hydrogen) atoms. The molecule has 0 spiro atoms. The summed E-state index contributed by atoms with van der Waals surface area (Å²) >= 11 is 5.97. The Hall–Kier alpha value is -1.56. The second kappa shape index (κ2) is 6.28. The Kier molecular flexibility index (Phi) is 4.38. The van der Waals surface area contributed by atoms with Crippen LogP contribution in [0.2, 0.25) is 5.02 Å². The minimum Gasteiger partial charge on any atom is -0.488 e. The highest BCUT2D eigenvalue weighted by molar-refractivity contribution is 6.30. The van der Waals surface area contributed by atoms with Crippen molar-refractivity contribution in [2.75, 3.05) is 26.3 Å². The van der Waals surface area contributed by atoms with E-state index in [-0.39, 0.29) is 31.6 Å². The van der Waals surface area contributed by atoms with Crippen LogP contribution in [0, 0.1) is 5.92 Å². The number of hydrogen-bond donors (Lipinski definition) is 2. The predicted octanol–water partition coefficient (Wildman–Crippen LogP) is 1.32. The fourth-order valence-corrected chi connectivity index (χ4v) is 3.03. The van der Waals surface area contributed by atoms with Crippen molar-refractivity contribution < 1.29 is 19.7 Å². The van der Waals surface area contributed by atoms with E-state index >= 15 is 0 Å². The molecule has 0 saturated carbocycles. The number of carbonyl (C=O) groups excluding carboxylic acids is 1. The van der Waals surface area contributed by atoms with Gasteiger partial charge >= 0.3 is 0 Å². The van der Waals surface area contributed by atoms with E-state index in [1.54, 1.807) is 29.2 Å². The number of amides is 1. The van der Waals surface area contributed by atoms with Crippen LogP contribution in [0.3, 0.4) is 0 Å². The van der Waals surface area contributed by atoms with Crippen molar-refractivity contribution in [1.29, 1.82) is 0 Å². The van der Waals surface area contributed by atoms with Crippen LogP contribution in [-0.4, -0.2) is 53.4 Å². The zero-order chi connectivity index (χ0) is 15.7. The maximum absolute atomic E-state index is 12.6. The first kappa shape index (κ1) is 15.3. The number of benzene rings is 1. The Morgan fingerprint density at radius 2 is 2.27 bits per heavy atom. The molecule has 2 atom stereocenters. The van der Waals surface area contributed by atoms with Gasteiger partial charge < -0.3 is 19.8 Å². The summed E-state index contributed by atoms with van der Waals surface area (Å²) in [6, 6.07) is 5.29. The average Bonchev–Trinajstić information content (AvgIpc) is 2.53. The number of aliphatic hydroxyl groups excluding tert-OH is 2. The molecule has 0 aromatic heterocycles. The molecular weight excluding hydrogens is 306 g/mol. The van der Waals surface area contributed by atoms with Gasteiger partial charge in [0.15, 0.2) is 0 Å². The van der Waals surface area contributed by atoms with Gasteiger partial charge in [-0.05, 0) is 30.7 Å². The minimum atomic E-state index is -0.686. The van der Waals surface area contributed by atoms with Gasteiger partial charge in [0.2, 0.25) is 0 Å². The standard InChI is InChI=1S/C16H18ClNO4/c17-13-1-2-15-11(6-13)5-12(9-22-15)16(21)18-4-3-10(8-19)14(20)7-18/h1-2,5-6,10,14,19-20H,3-4,7-9H2/t10-,14+/m0/s1. The molecule has 2 heterocycles. The van der Waals surface area contributed by atoms with Gasteiger partial charge in [-0.3, -0.25) is 4.79 Å². The Balaban J connectivity index is 1.76. The smallest absolute Gasteiger partial charge is 0.253 e. The number of nitrogens with zero attached hydrogens (tertiary/aromatic N) is 1. The molecule has 5 nitrogen and oxygen atoms in total. The molecule has 1 fully saturated rings. The van der Waals surface area contributed by atoms with Crippen LogP contribution < -0.4 is 4.74 Å². The second-order valence-corrected chi connectivity index (χ2v) is 6.13. The Morgan fingerprint density at radius 1 is 1.45 bits per heavy atom. The van der Waals surface area contributed by atoms with Crippen molar-refractivity contribution in [3.05, 3.63) is 34.4 Å². The second-order valence-electron chi connectivity index (χ2n) is 5.69. The van der Waals surface area contributed by atoms with Crippen LogP contribution in [-0.2, 0) is 4.79 Å². The fourth-order valence-electron chi connectivity index (χ4n) is 2.85. The Labute approximate surface area is 133 Å². The molecule has 0 bridgehead atoms. The van der Waals surface area contributed by atoms with Crippen LogP contribution in [0.4, 0.5) is 0 Å². The lowest BCUT2D eigenvalue weighted by Gasteiger charge is -2.35. The van der Waals surface area contributed by atoms with Gasteiger partial charge in [-0.15, -0.1) is 0 Å². The normalized spacial score (nSPS) is 24.3. The summed E-state index contributed by atoms with van der Waals surface area (Å²) in [4.78, 5) is 14.2. The van der Waals surface area contributed by atoms with Gasteiger partial charge in [0.1, 0.15) is 12.4 Å². The van der Waals surface area contributed by atoms with E-state index in [4.69, 9.17) is 21.4 Å². The number of β-amino-alcohol motifs (C(OH)–C–C–N with tert-alkyl or cyclic N) is 1.